The van der Waals surface area contributed by atoms with Crippen molar-refractivity contribution in [2.75, 3.05) is 26.3 Å². The topological polar surface area (TPSA) is 21.7 Å². The van der Waals surface area contributed by atoms with Crippen LogP contribution in [0.25, 0.3) is 0 Å². The lowest BCUT2D eigenvalue weighted by Gasteiger charge is -2.37. The molecule has 0 N–H and O–H groups in total. The summed E-state index contributed by atoms with van der Waals surface area (Å²) in [6, 6.07) is 0.801. The van der Waals surface area contributed by atoms with Gasteiger partial charge >= 0.3 is 0 Å². The Morgan fingerprint density at radius 1 is 1.00 bits per heavy atom. The van der Waals surface area contributed by atoms with E-state index in [1.165, 1.54) is 51.6 Å². The average molecular weight is 285 g/mol. The van der Waals surface area contributed by atoms with E-state index in [1.54, 1.807) is 0 Å². The third kappa shape index (κ3) is 7.05. The molecule has 1 rings (SSSR count). The first-order valence-corrected chi connectivity index (χ1v) is 8.64. The molecule has 20 heavy (non-hydrogen) atoms. The highest BCUT2D eigenvalue weighted by atomic mass is 16.5. The average Bonchev–Trinajstić information content (AvgIpc) is 2.44. The largest absolute Gasteiger partial charge is 0.376 e. The molecule has 0 amide bonds. The van der Waals surface area contributed by atoms with Gasteiger partial charge in [0.25, 0.3) is 0 Å². The van der Waals surface area contributed by atoms with E-state index in [2.05, 4.69) is 32.6 Å². The molecule has 0 bridgehead atoms. The summed E-state index contributed by atoms with van der Waals surface area (Å²) in [5.41, 5.74) is 0. The Hall–Kier alpha value is -0.120. The van der Waals surface area contributed by atoms with Gasteiger partial charge in [0.15, 0.2) is 0 Å². The van der Waals surface area contributed by atoms with Gasteiger partial charge in [0.05, 0.1) is 25.4 Å². The maximum absolute atomic E-state index is 5.93. The standard InChI is InChI=1S/C17H35NO2/c1-5-7-16(8-6-2)18-11-9-17(10-12-18)20-14-13-19-15(3)4/h15-17H,5-14H2,1-4H3. The van der Waals surface area contributed by atoms with Gasteiger partial charge < -0.3 is 14.4 Å². The molecule has 1 aliphatic heterocycles. The molecular formula is C17H35NO2. The number of likely N-dealkylation sites (tertiary alicyclic amines) is 1. The lowest BCUT2D eigenvalue weighted by molar-refractivity contribution is -0.0388. The minimum Gasteiger partial charge on any atom is -0.376 e. The normalized spacial score (nSPS) is 18.3. The Morgan fingerprint density at radius 3 is 2.10 bits per heavy atom. The lowest BCUT2D eigenvalue weighted by atomic mass is 10.00. The van der Waals surface area contributed by atoms with E-state index in [0.29, 0.717) is 12.2 Å². The first-order valence-electron chi connectivity index (χ1n) is 8.64. The van der Waals surface area contributed by atoms with Crippen molar-refractivity contribution >= 4 is 0 Å². The second-order valence-electron chi connectivity index (χ2n) is 6.26. The van der Waals surface area contributed by atoms with Gasteiger partial charge in [-0.05, 0) is 39.5 Å². The molecule has 0 unspecified atom stereocenters. The Morgan fingerprint density at radius 2 is 1.60 bits per heavy atom. The maximum atomic E-state index is 5.93. The summed E-state index contributed by atoms with van der Waals surface area (Å²) < 4.78 is 11.5. The molecule has 0 aliphatic carbocycles. The second-order valence-corrected chi connectivity index (χ2v) is 6.26. The summed E-state index contributed by atoms with van der Waals surface area (Å²) in [7, 11) is 0. The molecule has 0 saturated carbocycles. The lowest BCUT2D eigenvalue weighted by Crippen LogP contribution is -2.43. The van der Waals surface area contributed by atoms with Crippen molar-refractivity contribution in [1.82, 2.24) is 4.90 Å². The monoisotopic (exact) mass is 285 g/mol. The molecular weight excluding hydrogens is 250 g/mol. The molecule has 3 nitrogen and oxygen atoms in total. The van der Waals surface area contributed by atoms with E-state index in [4.69, 9.17) is 9.47 Å². The van der Waals surface area contributed by atoms with Gasteiger partial charge in [0.2, 0.25) is 0 Å². The van der Waals surface area contributed by atoms with Crippen LogP contribution in [-0.4, -0.2) is 49.5 Å². The van der Waals surface area contributed by atoms with Crippen molar-refractivity contribution < 1.29 is 9.47 Å². The number of hydrogen-bond donors (Lipinski definition) is 0. The van der Waals surface area contributed by atoms with Crippen LogP contribution in [0.3, 0.4) is 0 Å². The summed E-state index contributed by atoms with van der Waals surface area (Å²) >= 11 is 0. The van der Waals surface area contributed by atoms with Crippen molar-refractivity contribution in [3.8, 4) is 0 Å². The molecule has 0 spiro atoms. The highest BCUT2D eigenvalue weighted by molar-refractivity contribution is 4.78. The van der Waals surface area contributed by atoms with Gasteiger partial charge in [-0.25, -0.2) is 0 Å². The second kappa shape index (κ2) is 10.6. The Bertz CT molecular complexity index is 219. The molecule has 1 saturated heterocycles. The Kier molecular flexibility index (Phi) is 9.49. The van der Waals surface area contributed by atoms with Crippen LogP contribution >= 0.6 is 0 Å². The number of nitrogens with zero attached hydrogens (tertiary/aromatic N) is 1. The van der Waals surface area contributed by atoms with Gasteiger partial charge in [-0.15, -0.1) is 0 Å². The van der Waals surface area contributed by atoms with Gasteiger partial charge in [0, 0.05) is 19.1 Å². The summed E-state index contributed by atoms with van der Waals surface area (Å²) in [5, 5.41) is 0. The van der Waals surface area contributed by atoms with Gasteiger partial charge in [0.1, 0.15) is 0 Å². The fourth-order valence-corrected chi connectivity index (χ4v) is 3.08. The summed E-state index contributed by atoms with van der Waals surface area (Å²) in [4.78, 5) is 2.69. The van der Waals surface area contributed by atoms with E-state index in [-0.39, 0.29) is 0 Å². The summed E-state index contributed by atoms with van der Waals surface area (Å²) in [5.74, 6) is 0. The van der Waals surface area contributed by atoms with Crippen LogP contribution < -0.4 is 0 Å². The van der Waals surface area contributed by atoms with Gasteiger partial charge in [-0.1, -0.05) is 26.7 Å². The quantitative estimate of drug-likeness (QED) is 0.569. The fraction of sp³-hybridized carbons (Fsp3) is 1.00. The zero-order valence-corrected chi connectivity index (χ0v) is 14.1. The predicted molar refractivity (Wildman–Crippen MR) is 85.2 cm³/mol. The van der Waals surface area contributed by atoms with Crippen molar-refractivity contribution in [2.24, 2.45) is 0 Å². The smallest absolute Gasteiger partial charge is 0.0704 e. The van der Waals surface area contributed by atoms with E-state index >= 15 is 0 Å². The van der Waals surface area contributed by atoms with E-state index in [0.717, 1.165) is 19.3 Å². The first kappa shape index (κ1) is 17.9. The predicted octanol–water partition coefficient (Wildman–Crippen LogP) is 3.86. The van der Waals surface area contributed by atoms with E-state index in [1.807, 2.05) is 0 Å². The van der Waals surface area contributed by atoms with Crippen LogP contribution in [0.4, 0.5) is 0 Å². The molecule has 1 heterocycles. The van der Waals surface area contributed by atoms with Gasteiger partial charge in [-0.2, -0.15) is 0 Å². The zero-order chi connectivity index (χ0) is 14.8. The van der Waals surface area contributed by atoms with Crippen LogP contribution in [0, 0.1) is 0 Å². The number of hydrogen-bond acceptors (Lipinski definition) is 3. The van der Waals surface area contributed by atoms with Crippen LogP contribution in [0.1, 0.15) is 66.2 Å². The molecule has 0 aromatic rings. The van der Waals surface area contributed by atoms with Crippen LogP contribution in [0.15, 0.2) is 0 Å². The van der Waals surface area contributed by atoms with E-state index in [9.17, 15) is 0 Å². The number of piperidine rings is 1. The highest BCUT2D eigenvalue weighted by Gasteiger charge is 2.24. The molecule has 0 atom stereocenters. The van der Waals surface area contributed by atoms with E-state index < -0.39 is 0 Å². The maximum Gasteiger partial charge on any atom is 0.0704 e. The Labute approximate surface area is 126 Å². The van der Waals surface area contributed by atoms with Gasteiger partial charge in [-0.3, -0.25) is 0 Å². The molecule has 0 aromatic carbocycles. The number of ether oxygens (including phenoxy) is 2. The zero-order valence-electron chi connectivity index (χ0n) is 14.1. The molecule has 1 fully saturated rings. The van der Waals surface area contributed by atoms with Crippen LogP contribution in [0.2, 0.25) is 0 Å². The molecule has 1 aliphatic rings. The van der Waals surface area contributed by atoms with Crippen molar-refractivity contribution in [3.63, 3.8) is 0 Å². The Balaban J connectivity index is 2.18. The van der Waals surface area contributed by atoms with Crippen LogP contribution in [-0.2, 0) is 9.47 Å². The van der Waals surface area contributed by atoms with Crippen molar-refractivity contribution in [2.45, 2.75) is 84.5 Å². The summed E-state index contributed by atoms with van der Waals surface area (Å²) in [6.45, 7) is 12.6. The van der Waals surface area contributed by atoms with Crippen molar-refractivity contribution in [3.05, 3.63) is 0 Å². The fourth-order valence-electron chi connectivity index (χ4n) is 3.08. The van der Waals surface area contributed by atoms with Crippen LogP contribution in [0.5, 0.6) is 0 Å². The SMILES string of the molecule is CCCC(CCC)N1CCC(OCCOC(C)C)CC1. The minimum absolute atomic E-state index is 0.310. The minimum atomic E-state index is 0.310. The molecule has 0 radical (unpaired) electrons. The third-order valence-electron chi connectivity index (χ3n) is 4.12. The molecule has 3 heteroatoms. The first-order chi connectivity index (χ1) is 9.67. The molecule has 0 aromatic heterocycles. The van der Waals surface area contributed by atoms with Crippen molar-refractivity contribution in [1.29, 1.82) is 0 Å². The molecule has 120 valence electrons. The summed E-state index contributed by atoms with van der Waals surface area (Å²) in [6.07, 6.45) is 8.43. The number of rotatable bonds is 10. The third-order valence-corrected chi connectivity index (χ3v) is 4.12. The highest BCUT2D eigenvalue weighted by Crippen LogP contribution is 2.20.